The van der Waals surface area contributed by atoms with Crippen molar-refractivity contribution in [3.8, 4) is 0 Å². The van der Waals surface area contributed by atoms with Gasteiger partial charge in [0.25, 0.3) is 0 Å². The number of likely N-dealkylation sites (N-methyl/N-ethyl adjacent to an activating group) is 1. The average molecular weight is 242 g/mol. The first-order chi connectivity index (χ1) is 8.66. The predicted molar refractivity (Wildman–Crippen MR) is 68.2 cm³/mol. The number of hydrogen-bond donors (Lipinski definition) is 2. The summed E-state index contributed by atoms with van der Waals surface area (Å²) < 4.78 is 0. The van der Waals surface area contributed by atoms with Gasteiger partial charge in [-0.2, -0.15) is 0 Å². The van der Waals surface area contributed by atoms with Gasteiger partial charge in [0.2, 0.25) is 5.91 Å². The fourth-order valence-electron chi connectivity index (χ4n) is 2.29. The number of nitrogens with two attached hydrogens (primary N) is 1. The molecule has 5 heteroatoms. The van der Waals surface area contributed by atoms with E-state index in [1.54, 1.807) is 24.3 Å². The van der Waals surface area contributed by atoms with Gasteiger partial charge in [-0.05, 0) is 17.2 Å². The van der Waals surface area contributed by atoms with Crippen molar-refractivity contribution in [1.82, 2.24) is 9.97 Å². The van der Waals surface area contributed by atoms with Gasteiger partial charge in [0, 0.05) is 25.1 Å². The summed E-state index contributed by atoms with van der Waals surface area (Å²) in [5.41, 5.74) is 9.09. The lowest BCUT2D eigenvalue weighted by molar-refractivity contribution is -0.117. The van der Waals surface area contributed by atoms with E-state index in [2.05, 4.69) is 9.97 Å². The van der Waals surface area contributed by atoms with Crippen LogP contribution in [0.2, 0.25) is 0 Å². The lowest BCUT2D eigenvalue weighted by Gasteiger charge is -2.13. The zero-order valence-electron chi connectivity index (χ0n) is 10.1. The average Bonchev–Trinajstić information content (AvgIpc) is 2.98. The molecule has 2 heterocycles. The van der Waals surface area contributed by atoms with Gasteiger partial charge in [-0.1, -0.05) is 12.1 Å². The van der Waals surface area contributed by atoms with E-state index in [-0.39, 0.29) is 11.9 Å². The van der Waals surface area contributed by atoms with Gasteiger partial charge >= 0.3 is 0 Å². The number of imidazole rings is 1. The van der Waals surface area contributed by atoms with Crippen molar-refractivity contribution in [3.63, 3.8) is 0 Å². The molecule has 1 aromatic heterocycles. The fraction of sp³-hybridized carbons (Fsp3) is 0.231. The van der Waals surface area contributed by atoms with Gasteiger partial charge in [-0.25, -0.2) is 4.98 Å². The summed E-state index contributed by atoms with van der Waals surface area (Å²) in [7, 11) is 1.79. The minimum atomic E-state index is -0.286. The molecule has 1 atom stereocenters. The Labute approximate surface area is 105 Å². The first-order valence-electron chi connectivity index (χ1n) is 5.81. The SMILES string of the molecule is CN1C(=O)Cc2cc(C(N)c3ncc[nH]3)ccc21. The summed E-state index contributed by atoms with van der Waals surface area (Å²) in [5.74, 6) is 0.848. The monoisotopic (exact) mass is 242 g/mol. The maximum atomic E-state index is 11.6. The topological polar surface area (TPSA) is 75.0 Å². The predicted octanol–water partition coefficient (Wildman–Crippen LogP) is 0.977. The molecular formula is C13H14N4O. The zero-order valence-corrected chi connectivity index (χ0v) is 10.1. The van der Waals surface area contributed by atoms with Gasteiger partial charge in [0.15, 0.2) is 0 Å². The van der Waals surface area contributed by atoms with E-state index >= 15 is 0 Å². The largest absolute Gasteiger partial charge is 0.347 e. The molecule has 0 spiro atoms. The molecule has 0 saturated carbocycles. The number of aromatic amines is 1. The number of amides is 1. The lowest BCUT2D eigenvalue weighted by Crippen LogP contribution is -2.20. The minimum absolute atomic E-state index is 0.119. The summed E-state index contributed by atoms with van der Waals surface area (Å²) in [4.78, 5) is 20.5. The molecule has 0 fully saturated rings. The lowest BCUT2D eigenvalue weighted by atomic mass is 10.0. The van der Waals surface area contributed by atoms with Crippen LogP contribution in [0.25, 0.3) is 0 Å². The van der Waals surface area contributed by atoms with Gasteiger partial charge in [-0.15, -0.1) is 0 Å². The fourth-order valence-corrected chi connectivity index (χ4v) is 2.29. The van der Waals surface area contributed by atoms with Crippen LogP contribution in [0, 0.1) is 0 Å². The first-order valence-corrected chi connectivity index (χ1v) is 5.81. The van der Waals surface area contributed by atoms with E-state index in [0.717, 1.165) is 22.6 Å². The van der Waals surface area contributed by atoms with Crippen LogP contribution in [0.1, 0.15) is 23.0 Å². The molecule has 1 aromatic carbocycles. The van der Waals surface area contributed by atoms with E-state index in [9.17, 15) is 4.79 Å². The summed E-state index contributed by atoms with van der Waals surface area (Å²) in [6.45, 7) is 0. The standard InChI is InChI=1S/C13H14N4O/c1-17-10-3-2-8(6-9(10)7-11(17)18)12(14)13-15-4-5-16-13/h2-6,12H,7,14H2,1H3,(H,15,16). The maximum absolute atomic E-state index is 11.6. The second kappa shape index (κ2) is 3.96. The number of aromatic nitrogens is 2. The highest BCUT2D eigenvalue weighted by atomic mass is 16.2. The molecular weight excluding hydrogens is 228 g/mol. The molecule has 2 aromatic rings. The van der Waals surface area contributed by atoms with Gasteiger partial charge < -0.3 is 15.6 Å². The number of fused-ring (bicyclic) bond motifs is 1. The molecule has 3 N–H and O–H groups in total. The van der Waals surface area contributed by atoms with Crippen molar-refractivity contribution in [2.45, 2.75) is 12.5 Å². The highest BCUT2D eigenvalue weighted by Gasteiger charge is 2.25. The number of hydrogen-bond acceptors (Lipinski definition) is 3. The Balaban J connectivity index is 1.97. The van der Waals surface area contributed by atoms with E-state index in [0.29, 0.717) is 6.42 Å². The van der Waals surface area contributed by atoms with Crippen molar-refractivity contribution in [3.05, 3.63) is 47.5 Å². The number of anilines is 1. The normalized spacial score (nSPS) is 15.9. The van der Waals surface area contributed by atoms with Crippen molar-refractivity contribution >= 4 is 11.6 Å². The number of H-pyrrole nitrogens is 1. The number of carbonyl (C=O) groups is 1. The molecule has 5 nitrogen and oxygen atoms in total. The van der Waals surface area contributed by atoms with Crippen LogP contribution in [0.3, 0.4) is 0 Å². The number of nitrogens with one attached hydrogen (secondary N) is 1. The second-order valence-electron chi connectivity index (χ2n) is 4.47. The number of rotatable bonds is 2. The summed E-state index contributed by atoms with van der Waals surface area (Å²) in [6, 6.07) is 5.59. The van der Waals surface area contributed by atoms with Gasteiger partial charge in [-0.3, -0.25) is 4.79 Å². The number of nitrogens with zero attached hydrogens (tertiary/aromatic N) is 2. The van der Waals surface area contributed by atoms with Crippen LogP contribution in [0.4, 0.5) is 5.69 Å². The molecule has 3 rings (SSSR count). The van der Waals surface area contributed by atoms with Crippen molar-refractivity contribution < 1.29 is 4.79 Å². The minimum Gasteiger partial charge on any atom is -0.347 e. The highest BCUT2D eigenvalue weighted by Crippen LogP contribution is 2.30. The Hall–Kier alpha value is -2.14. The van der Waals surface area contributed by atoms with E-state index < -0.39 is 0 Å². The van der Waals surface area contributed by atoms with Crippen molar-refractivity contribution in [2.24, 2.45) is 5.73 Å². The molecule has 0 radical (unpaired) electrons. The van der Waals surface area contributed by atoms with E-state index in [1.165, 1.54) is 0 Å². The van der Waals surface area contributed by atoms with Crippen molar-refractivity contribution in [1.29, 1.82) is 0 Å². The summed E-state index contributed by atoms with van der Waals surface area (Å²) in [6.07, 6.45) is 3.88. The second-order valence-corrected chi connectivity index (χ2v) is 4.47. The Morgan fingerprint density at radius 3 is 3.06 bits per heavy atom. The third-order valence-corrected chi connectivity index (χ3v) is 3.35. The van der Waals surface area contributed by atoms with Crippen LogP contribution in [0.5, 0.6) is 0 Å². The van der Waals surface area contributed by atoms with Crippen LogP contribution >= 0.6 is 0 Å². The quantitative estimate of drug-likeness (QED) is 0.824. The molecule has 1 aliphatic rings. The maximum Gasteiger partial charge on any atom is 0.231 e. The number of carbonyl (C=O) groups excluding carboxylic acids is 1. The summed E-state index contributed by atoms with van der Waals surface area (Å²) >= 11 is 0. The molecule has 92 valence electrons. The van der Waals surface area contributed by atoms with Gasteiger partial charge in [0.05, 0.1) is 12.5 Å². The van der Waals surface area contributed by atoms with Crippen LogP contribution in [-0.2, 0) is 11.2 Å². The third kappa shape index (κ3) is 1.60. The highest BCUT2D eigenvalue weighted by molar-refractivity contribution is 6.00. The van der Waals surface area contributed by atoms with Crippen LogP contribution in [-0.4, -0.2) is 22.9 Å². The molecule has 18 heavy (non-hydrogen) atoms. The molecule has 1 unspecified atom stereocenters. The Morgan fingerprint density at radius 2 is 2.33 bits per heavy atom. The van der Waals surface area contributed by atoms with Crippen molar-refractivity contribution in [2.75, 3.05) is 11.9 Å². The zero-order chi connectivity index (χ0) is 12.7. The van der Waals surface area contributed by atoms with Gasteiger partial charge in [0.1, 0.15) is 5.82 Å². The summed E-state index contributed by atoms with van der Waals surface area (Å²) in [5, 5.41) is 0. The number of benzene rings is 1. The molecule has 0 aliphatic carbocycles. The molecule has 0 saturated heterocycles. The van der Waals surface area contributed by atoms with Crippen LogP contribution in [0.15, 0.2) is 30.6 Å². The van der Waals surface area contributed by atoms with E-state index in [1.807, 2.05) is 18.2 Å². The Kier molecular flexibility index (Phi) is 2.41. The molecule has 1 aliphatic heterocycles. The molecule has 1 amide bonds. The Morgan fingerprint density at radius 1 is 1.50 bits per heavy atom. The molecule has 0 bridgehead atoms. The smallest absolute Gasteiger partial charge is 0.231 e. The van der Waals surface area contributed by atoms with Crippen LogP contribution < -0.4 is 10.6 Å². The Bertz CT molecular complexity index is 591. The van der Waals surface area contributed by atoms with E-state index in [4.69, 9.17) is 5.73 Å². The first kappa shape index (κ1) is 11.0. The third-order valence-electron chi connectivity index (χ3n) is 3.35.